The molecule has 0 unspecified atom stereocenters. The molecule has 1 aromatic carbocycles. The Labute approximate surface area is 126 Å². The third-order valence-electron chi connectivity index (χ3n) is 3.33. The molecule has 0 aromatic heterocycles. The summed E-state index contributed by atoms with van der Waals surface area (Å²) in [5.41, 5.74) is -8.94. The first-order valence-electron chi connectivity index (χ1n) is 6.32. The SMILES string of the molecule is CC(C)(C)c1ccc(C(O)(C(F)(F)F)C(F)(F)F)cc1C(F)F. The molecule has 0 radical (unpaired) electrons. The van der Waals surface area contributed by atoms with Crippen LogP contribution in [-0.2, 0) is 11.0 Å². The highest BCUT2D eigenvalue weighted by Crippen LogP contribution is 2.51. The fraction of sp³-hybridized carbons (Fsp3) is 0.571. The number of halogens is 8. The van der Waals surface area contributed by atoms with E-state index >= 15 is 0 Å². The van der Waals surface area contributed by atoms with Gasteiger partial charge < -0.3 is 5.11 Å². The Morgan fingerprint density at radius 3 is 1.61 bits per heavy atom. The lowest BCUT2D eigenvalue weighted by Crippen LogP contribution is -2.54. The fourth-order valence-corrected chi connectivity index (χ4v) is 2.14. The number of benzene rings is 1. The van der Waals surface area contributed by atoms with E-state index in [1.165, 1.54) is 20.8 Å². The van der Waals surface area contributed by atoms with Gasteiger partial charge in [-0.3, -0.25) is 0 Å². The summed E-state index contributed by atoms with van der Waals surface area (Å²) < 4.78 is 103. The van der Waals surface area contributed by atoms with Gasteiger partial charge in [0.2, 0.25) is 0 Å². The minimum atomic E-state index is -6.12. The van der Waals surface area contributed by atoms with Crippen molar-refractivity contribution in [2.24, 2.45) is 0 Å². The van der Waals surface area contributed by atoms with Crippen molar-refractivity contribution in [2.45, 2.75) is 50.6 Å². The molecule has 0 aliphatic heterocycles. The van der Waals surface area contributed by atoms with Gasteiger partial charge >= 0.3 is 12.4 Å². The predicted octanol–water partition coefficient (Wildman–Crippen LogP) is 5.23. The molecule has 0 saturated heterocycles. The summed E-state index contributed by atoms with van der Waals surface area (Å²) in [6.45, 7) is 4.44. The van der Waals surface area contributed by atoms with Crippen LogP contribution < -0.4 is 0 Å². The summed E-state index contributed by atoms with van der Waals surface area (Å²) in [4.78, 5) is 0. The normalized spacial score (nSPS) is 14.5. The maximum absolute atomic E-state index is 13.1. The first kappa shape index (κ1) is 19.7. The predicted molar refractivity (Wildman–Crippen MR) is 66.1 cm³/mol. The molecular weight excluding hydrogens is 336 g/mol. The van der Waals surface area contributed by atoms with Gasteiger partial charge in [-0.15, -0.1) is 0 Å². The molecule has 132 valence electrons. The number of alkyl halides is 8. The lowest BCUT2D eigenvalue weighted by Gasteiger charge is -2.33. The van der Waals surface area contributed by atoms with Crippen LogP contribution in [0.15, 0.2) is 18.2 Å². The van der Waals surface area contributed by atoms with E-state index in [1.54, 1.807) is 0 Å². The lowest BCUT2D eigenvalue weighted by molar-refractivity contribution is -0.376. The van der Waals surface area contributed by atoms with Crippen molar-refractivity contribution in [1.82, 2.24) is 0 Å². The van der Waals surface area contributed by atoms with Crippen LogP contribution in [0.1, 0.15) is 43.9 Å². The van der Waals surface area contributed by atoms with E-state index in [4.69, 9.17) is 0 Å². The second-order valence-electron chi connectivity index (χ2n) is 6.06. The van der Waals surface area contributed by atoms with E-state index in [1.807, 2.05) is 0 Å². The number of aliphatic hydroxyl groups is 1. The van der Waals surface area contributed by atoms with Crippen LogP contribution in [0.2, 0.25) is 0 Å². The molecule has 0 saturated carbocycles. The van der Waals surface area contributed by atoms with Gasteiger partial charge in [0.05, 0.1) is 0 Å². The molecule has 1 rings (SSSR count). The summed E-state index contributed by atoms with van der Waals surface area (Å²) in [7, 11) is 0. The molecule has 0 fully saturated rings. The minimum Gasteiger partial charge on any atom is -0.369 e. The Morgan fingerprint density at radius 1 is 0.870 bits per heavy atom. The van der Waals surface area contributed by atoms with Crippen LogP contribution in [0.4, 0.5) is 35.1 Å². The van der Waals surface area contributed by atoms with Gasteiger partial charge in [0.25, 0.3) is 12.0 Å². The first-order valence-corrected chi connectivity index (χ1v) is 6.32. The standard InChI is InChI=1S/C14H14F8O/c1-11(2,3)9-5-4-7(6-8(9)10(15)16)12(23,13(17,18)19)14(20,21)22/h4-6,10,23H,1-3H3. The summed E-state index contributed by atoms with van der Waals surface area (Å²) in [6, 6.07) is 1.18. The van der Waals surface area contributed by atoms with E-state index in [-0.39, 0.29) is 11.6 Å². The summed E-state index contributed by atoms with van der Waals surface area (Å²) >= 11 is 0. The Bertz CT molecular complexity index is 552. The van der Waals surface area contributed by atoms with Gasteiger partial charge in [-0.2, -0.15) is 26.3 Å². The van der Waals surface area contributed by atoms with Crippen LogP contribution >= 0.6 is 0 Å². The van der Waals surface area contributed by atoms with Crippen molar-refractivity contribution >= 4 is 0 Å². The van der Waals surface area contributed by atoms with E-state index in [9.17, 15) is 40.2 Å². The number of hydrogen-bond donors (Lipinski definition) is 1. The van der Waals surface area contributed by atoms with E-state index < -0.39 is 40.9 Å². The van der Waals surface area contributed by atoms with Gasteiger partial charge in [0, 0.05) is 11.1 Å². The molecule has 0 heterocycles. The third-order valence-corrected chi connectivity index (χ3v) is 3.33. The van der Waals surface area contributed by atoms with Gasteiger partial charge in [-0.05, 0) is 17.0 Å². The molecule has 1 nitrogen and oxygen atoms in total. The zero-order valence-corrected chi connectivity index (χ0v) is 12.3. The van der Waals surface area contributed by atoms with Gasteiger partial charge in [0.1, 0.15) is 0 Å². The molecule has 9 heteroatoms. The monoisotopic (exact) mass is 350 g/mol. The molecule has 0 atom stereocenters. The van der Waals surface area contributed by atoms with Crippen LogP contribution in [0.25, 0.3) is 0 Å². The second-order valence-corrected chi connectivity index (χ2v) is 6.06. The average molecular weight is 350 g/mol. The zero-order chi connectivity index (χ0) is 18.4. The van der Waals surface area contributed by atoms with E-state index in [0.29, 0.717) is 6.07 Å². The molecule has 1 N–H and O–H groups in total. The highest BCUT2D eigenvalue weighted by molar-refractivity contribution is 5.40. The van der Waals surface area contributed by atoms with E-state index in [2.05, 4.69) is 0 Å². The highest BCUT2D eigenvalue weighted by atomic mass is 19.4. The fourth-order valence-electron chi connectivity index (χ4n) is 2.14. The maximum atomic E-state index is 13.1. The Balaban J connectivity index is 3.70. The van der Waals surface area contributed by atoms with Crippen molar-refractivity contribution in [3.63, 3.8) is 0 Å². The van der Waals surface area contributed by atoms with Gasteiger partial charge in [-0.1, -0.05) is 32.9 Å². The van der Waals surface area contributed by atoms with Crippen LogP contribution in [0, 0.1) is 0 Å². The zero-order valence-electron chi connectivity index (χ0n) is 12.3. The minimum absolute atomic E-state index is 0.0617. The Kier molecular flexibility index (Phi) is 4.80. The van der Waals surface area contributed by atoms with Crippen molar-refractivity contribution in [3.05, 3.63) is 34.9 Å². The molecule has 0 spiro atoms. The largest absolute Gasteiger partial charge is 0.430 e. The lowest BCUT2D eigenvalue weighted by atomic mass is 9.81. The van der Waals surface area contributed by atoms with Crippen LogP contribution in [-0.4, -0.2) is 17.5 Å². The topological polar surface area (TPSA) is 20.2 Å². The summed E-state index contributed by atoms with van der Waals surface area (Å²) in [6.07, 6.45) is -15.5. The molecule has 23 heavy (non-hydrogen) atoms. The van der Waals surface area contributed by atoms with Crippen molar-refractivity contribution < 1.29 is 40.2 Å². The third kappa shape index (κ3) is 3.44. The van der Waals surface area contributed by atoms with Crippen molar-refractivity contribution in [3.8, 4) is 0 Å². The van der Waals surface area contributed by atoms with Crippen LogP contribution in [0.5, 0.6) is 0 Å². The van der Waals surface area contributed by atoms with E-state index in [0.717, 1.165) is 6.07 Å². The molecule has 0 aliphatic carbocycles. The van der Waals surface area contributed by atoms with Gasteiger partial charge in [-0.25, -0.2) is 8.78 Å². The van der Waals surface area contributed by atoms with Gasteiger partial charge in [0.15, 0.2) is 0 Å². The highest BCUT2D eigenvalue weighted by Gasteiger charge is 2.71. The molecular formula is C14H14F8O. The molecule has 0 aliphatic rings. The number of rotatable bonds is 2. The van der Waals surface area contributed by atoms with Crippen molar-refractivity contribution in [1.29, 1.82) is 0 Å². The molecule has 0 amide bonds. The molecule has 0 bridgehead atoms. The van der Waals surface area contributed by atoms with Crippen LogP contribution in [0.3, 0.4) is 0 Å². The second kappa shape index (κ2) is 5.61. The van der Waals surface area contributed by atoms with Crippen molar-refractivity contribution in [2.75, 3.05) is 0 Å². The molecule has 1 aromatic rings. The average Bonchev–Trinajstić information content (AvgIpc) is 2.33. The summed E-state index contributed by atoms with van der Waals surface area (Å²) in [5.74, 6) is 0. The maximum Gasteiger partial charge on any atom is 0.430 e. The Morgan fingerprint density at radius 2 is 1.30 bits per heavy atom. The first-order chi connectivity index (χ1) is 10.0. The smallest absolute Gasteiger partial charge is 0.369 e. The summed E-state index contributed by atoms with van der Waals surface area (Å²) in [5, 5.41) is 9.26. The Hall–Kier alpha value is -1.38. The quantitative estimate of drug-likeness (QED) is 0.724. The number of hydrogen-bond acceptors (Lipinski definition) is 1.